The van der Waals surface area contributed by atoms with E-state index in [4.69, 9.17) is 0 Å². The molecule has 2 amide bonds. The molecule has 0 fully saturated rings. The third kappa shape index (κ3) is 4.88. The molecule has 1 aromatic carbocycles. The van der Waals surface area contributed by atoms with Crippen molar-refractivity contribution in [1.82, 2.24) is 20.2 Å². The van der Waals surface area contributed by atoms with Gasteiger partial charge in [-0.05, 0) is 24.3 Å². The Labute approximate surface area is 151 Å². The summed E-state index contributed by atoms with van der Waals surface area (Å²) in [5, 5.41) is 15.2. The minimum absolute atomic E-state index is 0.123. The number of nitrogens with zero attached hydrogens (tertiary/aromatic N) is 3. The van der Waals surface area contributed by atoms with E-state index in [2.05, 4.69) is 30.8 Å². The minimum Gasteiger partial charge on any atom is -0.326 e. The summed E-state index contributed by atoms with van der Waals surface area (Å²) in [7, 11) is 0. The molecule has 2 aromatic heterocycles. The van der Waals surface area contributed by atoms with Gasteiger partial charge in [-0.25, -0.2) is 9.97 Å². The number of hydrogen-bond donors (Lipinski definition) is 3. The van der Waals surface area contributed by atoms with Crippen LogP contribution in [-0.2, 0) is 9.59 Å². The maximum Gasteiger partial charge on any atom is 0.236 e. The van der Waals surface area contributed by atoms with Crippen molar-refractivity contribution in [3.8, 4) is 11.4 Å². The van der Waals surface area contributed by atoms with E-state index in [0.717, 1.165) is 5.56 Å². The maximum atomic E-state index is 11.8. The highest BCUT2D eigenvalue weighted by Crippen LogP contribution is 2.21. The highest BCUT2D eigenvalue weighted by Gasteiger charge is 2.10. The van der Waals surface area contributed by atoms with Gasteiger partial charge < -0.3 is 10.6 Å². The summed E-state index contributed by atoms with van der Waals surface area (Å²) in [6, 6.07) is 7.23. The van der Waals surface area contributed by atoms with Crippen molar-refractivity contribution in [2.24, 2.45) is 0 Å². The van der Waals surface area contributed by atoms with Gasteiger partial charge in [0, 0.05) is 29.8 Å². The van der Waals surface area contributed by atoms with E-state index in [0.29, 0.717) is 21.8 Å². The van der Waals surface area contributed by atoms with Gasteiger partial charge in [-0.1, -0.05) is 11.8 Å². The molecule has 3 N–H and O–H groups in total. The van der Waals surface area contributed by atoms with Crippen LogP contribution in [0.25, 0.3) is 11.4 Å². The lowest BCUT2D eigenvalue weighted by molar-refractivity contribution is -0.114. The Morgan fingerprint density at radius 1 is 1.24 bits per heavy atom. The summed E-state index contributed by atoms with van der Waals surface area (Å²) in [5.41, 5.74) is 1.55. The van der Waals surface area contributed by atoms with E-state index in [9.17, 15) is 9.59 Å². The van der Waals surface area contributed by atoms with E-state index >= 15 is 0 Å². The van der Waals surface area contributed by atoms with E-state index < -0.39 is 0 Å². The number of amides is 2. The Bertz CT molecular complexity index is 861. The molecule has 0 saturated carbocycles. The van der Waals surface area contributed by atoms with Gasteiger partial charge in [0.1, 0.15) is 0 Å². The second kappa shape index (κ2) is 7.90. The molecule has 0 atom stereocenters. The van der Waals surface area contributed by atoms with Crippen LogP contribution < -0.4 is 10.6 Å². The average Bonchev–Trinajstić information content (AvgIpc) is 3.25. The highest BCUT2D eigenvalue weighted by atomic mass is 32.2. The van der Waals surface area contributed by atoms with E-state index in [-0.39, 0.29) is 17.6 Å². The van der Waals surface area contributed by atoms with Gasteiger partial charge in [-0.3, -0.25) is 14.7 Å². The lowest BCUT2D eigenvalue weighted by atomic mass is 10.2. The van der Waals surface area contributed by atoms with Gasteiger partial charge in [0.05, 0.1) is 5.75 Å². The fourth-order valence-electron chi connectivity index (χ4n) is 1.93. The lowest BCUT2D eigenvalue weighted by Crippen LogP contribution is -2.13. The number of hydrogen-bond acceptors (Lipinski definition) is 7. The average molecular weight is 374 g/mol. The second-order valence-corrected chi connectivity index (χ2v) is 6.74. The van der Waals surface area contributed by atoms with Gasteiger partial charge in [-0.15, -0.1) is 16.4 Å². The summed E-state index contributed by atoms with van der Waals surface area (Å²) in [5.74, 6) is 0.503. The zero-order chi connectivity index (χ0) is 17.6. The zero-order valence-corrected chi connectivity index (χ0v) is 14.8. The molecule has 0 radical (unpaired) electrons. The normalized spacial score (nSPS) is 10.4. The van der Waals surface area contributed by atoms with Crippen LogP contribution in [0.2, 0.25) is 0 Å². The number of anilines is 2. The third-order valence-electron chi connectivity index (χ3n) is 2.95. The molecular weight excluding hydrogens is 360 g/mol. The van der Waals surface area contributed by atoms with E-state index in [1.165, 1.54) is 30.0 Å². The molecule has 2 heterocycles. The van der Waals surface area contributed by atoms with Crippen LogP contribution in [0.1, 0.15) is 6.92 Å². The number of carbonyl (C=O) groups excluding carboxylic acids is 2. The quantitative estimate of drug-likeness (QED) is 0.572. The molecule has 0 aliphatic rings. The number of aromatic amines is 1. The number of nitrogens with one attached hydrogen (secondary N) is 3. The largest absolute Gasteiger partial charge is 0.326 e. The van der Waals surface area contributed by atoms with E-state index in [1.807, 2.05) is 12.1 Å². The summed E-state index contributed by atoms with van der Waals surface area (Å²) in [6.07, 6.45) is 1.63. The Hall–Kier alpha value is -2.72. The molecule has 3 rings (SSSR count). The molecule has 3 aromatic rings. The SMILES string of the molecule is CC(=O)Nc1ccc(-c2nc(SCC(=O)Nc3nccs3)n[nH]2)cc1. The molecule has 0 bridgehead atoms. The number of carbonyl (C=O) groups is 2. The monoisotopic (exact) mass is 374 g/mol. The Kier molecular flexibility index (Phi) is 5.41. The van der Waals surface area contributed by atoms with Crippen molar-refractivity contribution in [2.45, 2.75) is 12.1 Å². The van der Waals surface area contributed by atoms with Crippen LogP contribution in [0.5, 0.6) is 0 Å². The molecule has 0 unspecified atom stereocenters. The molecule has 8 nitrogen and oxygen atoms in total. The Morgan fingerprint density at radius 3 is 2.72 bits per heavy atom. The smallest absolute Gasteiger partial charge is 0.236 e. The van der Waals surface area contributed by atoms with Gasteiger partial charge in [0.2, 0.25) is 17.0 Å². The number of thiazole rings is 1. The van der Waals surface area contributed by atoms with Crippen molar-refractivity contribution >= 4 is 45.7 Å². The second-order valence-electron chi connectivity index (χ2n) is 4.90. The van der Waals surface area contributed by atoms with Crippen molar-refractivity contribution in [2.75, 3.05) is 16.4 Å². The van der Waals surface area contributed by atoms with Gasteiger partial charge >= 0.3 is 0 Å². The maximum absolute atomic E-state index is 11.8. The number of benzene rings is 1. The van der Waals surface area contributed by atoms with Crippen LogP contribution in [0.15, 0.2) is 41.0 Å². The minimum atomic E-state index is -0.161. The topological polar surface area (TPSA) is 113 Å². The predicted molar refractivity (Wildman–Crippen MR) is 97.6 cm³/mol. The van der Waals surface area contributed by atoms with Gasteiger partial charge in [0.25, 0.3) is 0 Å². The van der Waals surface area contributed by atoms with Gasteiger partial charge in [-0.2, -0.15) is 0 Å². The molecule has 10 heteroatoms. The lowest BCUT2D eigenvalue weighted by Gasteiger charge is -2.02. The molecule has 0 aliphatic heterocycles. The number of aromatic nitrogens is 4. The Morgan fingerprint density at radius 2 is 2.04 bits per heavy atom. The van der Waals surface area contributed by atoms with Crippen molar-refractivity contribution in [3.05, 3.63) is 35.8 Å². The predicted octanol–water partition coefficient (Wildman–Crippen LogP) is 2.62. The molecule has 0 aliphatic carbocycles. The fourth-order valence-corrected chi connectivity index (χ4v) is 3.07. The first-order valence-corrected chi connectivity index (χ1v) is 9.09. The zero-order valence-electron chi connectivity index (χ0n) is 13.1. The summed E-state index contributed by atoms with van der Waals surface area (Å²) >= 11 is 2.59. The van der Waals surface area contributed by atoms with Crippen LogP contribution in [0.4, 0.5) is 10.8 Å². The summed E-state index contributed by atoms with van der Waals surface area (Å²) in [6.45, 7) is 1.46. The first-order valence-electron chi connectivity index (χ1n) is 7.23. The standard InChI is InChI=1S/C15H14N6O2S2/c1-9(22)17-11-4-2-10(3-5-11)13-19-15(21-20-13)25-8-12(23)18-14-16-6-7-24-14/h2-7H,8H2,1H3,(H,17,22)(H,16,18,23)(H,19,20,21). The third-order valence-corrected chi connectivity index (χ3v) is 4.49. The molecule has 128 valence electrons. The number of H-pyrrole nitrogens is 1. The molecule has 25 heavy (non-hydrogen) atoms. The van der Waals surface area contributed by atoms with Crippen LogP contribution in [-0.4, -0.2) is 37.7 Å². The van der Waals surface area contributed by atoms with Crippen molar-refractivity contribution in [1.29, 1.82) is 0 Å². The number of thioether (sulfide) groups is 1. The van der Waals surface area contributed by atoms with Crippen LogP contribution in [0, 0.1) is 0 Å². The van der Waals surface area contributed by atoms with Crippen LogP contribution >= 0.6 is 23.1 Å². The molecular formula is C15H14N6O2S2. The Balaban J connectivity index is 1.56. The molecule has 0 saturated heterocycles. The fraction of sp³-hybridized carbons (Fsp3) is 0.133. The first kappa shape index (κ1) is 17.1. The van der Waals surface area contributed by atoms with Gasteiger partial charge in [0.15, 0.2) is 11.0 Å². The number of rotatable bonds is 6. The molecule has 0 spiro atoms. The van der Waals surface area contributed by atoms with E-state index in [1.54, 1.807) is 23.7 Å². The summed E-state index contributed by atoms with van der Waals surface area (Å²) in [4.78, 5) is 31.2. The summed E-state index contributed by atoms with van der Waals surface area (Å²) < 4.78 is 0. The van der Waals surface area contributed by atoms with Crippen molar-refractivity contribution < 1.29 is 9.59 Å². The highest BCUT2D eigenvalue weighted by molar-refractivity contribution is 7.99. The van der Waals surface area contributed by atoms with Crippen molar-refractivity contribution in [3.63, 3.8) is 0 Å². The van der Waals surface area contributed by atoms with Crippen LogP contribution in [0.3, 0.4) is 0 Å². The first-order chi connectivity index (χ1) is 12.1.